The summed E-state index contributed by atoms with van der Waals surface area (Å²) >= 11 is 0. The molecule has 2 fully saturated rings. The molecule has 2 aliphatic rings. The SMILES string of the molecule is CC(NC(=O)CN1CCN(C(=O)c2ccc(F)c(F)c2)CC1)C1CC1. The third kappa shape index (κ3) is 4.54. The molecule has 136 valence electrons. The molecule has 5 nitrogen and oxygen atoms in total. The first-order chi connectivity index (χ1) is 11.9. The number of nitrogens with zero attached hydrogens (tertiary/aromatic N) is 2. The molecule has 0 radical (unpaired) electrons. The zero-order valence-corrected chi connectivity index (χ0v) is 14.3. The third-order valence-corrected chi connectivity index (χ3v) is 4.91. The van der Waals surface area contributed by atoms with E-state index in [-0.39, 0.29) is 23.4 Å². The molecule has 0 aromatic heterocycles. The predicted octanol–water partition coefficient (Wildman–Crippen LogP) is 1.64. The highest BCUT2D eigenvalue weighted by molar-refractivity contribution is 5.94. The summed E-state index contributed by atoms with van der Waals surface area (Å²) in [6.07, 6.45) is 2.37. The van der Waals surface area contributed by atoms with Gasteiger partial charge in [-0.25, -0.2) is 8.78 Å². The molecular formula is C18H23F2N3O2. The van der Waals surface area contributed by atoms with E-state index in [1.54, 1.807) is 4.90 Å². The molecular weight excluding hydrogens is 328 g/mol. The average Bonchev–Trinajstić information content (AvgIpc) is 3.42. The largest absolute Gasteiger partial charge is 0.352 e. The average molecular weight is 351 g/mol. The molecule has 3 rings (SSSR count). The number of carbonyl (C=O) groups is 2. The smallest absolute Gasteiger partial charge is 0.254 e. The van der Waals surface area contributed by atoms with E-state index in [1.807, 2.05) is 11.8 Å². The van der Waals surface area contributed by atoms with Crippen molar-refractivity contribution in [2.24, 2.45) is 5.92 Å². The Balaban J connectivity index is 1.46. The van der Waals surface area contributed by atoms with Crippen LogP contribution in [-0.4, -0.2) is 60.4 Å². The Bertz CT molecular complexity index is 656. The van der Waals surface area contributed by atoms with E-state index in [0.717, 1.165) is 12.1 Å². The number of hydrogen-bond acceptors (Lipinski definition) is 3. The van der Waals surface area contributed by atoms with E-state index >= 15 is 0 Å². The first-order valence-electron chi connectivity index (χ1n) is 8.70. The first-order valence-corrected chi connectivity index (χ1v) is 8.70. The van der Waals surface area contributed by atoms with Crippen molar-refractivity contribution in [1.82, 2.24) is 15.1 Å². The second-order valence-corrected chi connectivity index (χ2v) is 6.89. The van der Waals surface area contributed by atoms with Crippen LogP contribution in [0.2, 0.25) is 0 Å². The van der Waals surface area contributed by atoms with Crippen molar-refractivity contribution in [2.45, 2.75) is 25.8 Å². The maximum Gasteiger partial charge on any atom is 0.254 e. The summed E-state index contributed by atoms with van der Waals surface area (Å²) < 4.78 is 26.3. The van der Waals surface area contributed by atoms with E-state index in [9.17, 15) is 18.4 Å². The molecule has 1 saturated carbocycles. The monoisotopic (exact) mass is 351 g/mol. The Hall–Kier alpha value is -2.02. The van der Waals surface area contributed by atoms with Gasteiger partial charge >= 0.3 is 0 Å². The predicted molar refractivity (Wildman–Crippen MR) is 89.0 cm³/mol. The van der Waals surface area contributed by atoms with E-state index in [0.29, 0.717) is 38.6 Å². The number of piperazine rings is 1. The Morgan fingerprint density at radius 1 is 1.16 bits per heavy atom. The zero-order chi connectivity index (χ0) is 18.0. The van der Waals surface area contributed by atoms with Crippen LogP contribution in [-0.2, 0) is 4.79 Å². The first kappa shape index (κ1) is 17.8. The Morgan fingerprint density at radius 3 is 2.44 bits per heavy atom. The number of benzene rings is 1. The molecule has 1 saturated heterocycles. The summed E-state index contributed by atoms with van der Waals surface area (Å²) in [5, 5.41) is 3.02. The maximum atomic E-state index is 13.3. The van der Waals surface area contributed by atoms with Gasteiger partial charge in [0, 0.05) is 37.8 Å². The lowest BCUT2D eigenvalue weighted by molar-refractivity contribution is -0.123. The van der Waals surface area contributed by atoms with Crippen molar-refractivity contribution in [3.05, 3.63) is 35.4 Å². The molecule has 25 heavy (non-hydrogen) atoms. The lowest BCUT2D eigenvalue weighted by Crippen LogP contribution is -2.51. The van der Waals surface area contributed by atoms with E-state index in [1.165, 1.54) is 18.9 Å². The van der Waals surface area contributed by atoms with Crippen molar-refractivity contribution in [2.75, 3.05) is 32.7 Å². The highest BCUT2D eigenvalue weighted by atomic mass is 19.2. The number of hydrogen-bond donors (Lipinski definition) is 1. The minimum atomic E-state index is -1.02. The normalized spacial score (nSPS) is 19.6. The minimum absolute atomic E-state index is 0.0137. The van der Waals surface area contributed by atoms with Gasteiger partial charge in [0.15, 0.2) is 11.6 Å². The summed E-state index contributed by atoms with van der Waals surface area (Å²) in [6.45, 7) is 4.45. The molecule has 1 heterocycles. The molecule has 1 atom stereocenters. The number of nitrogens with one attached hydrogen (secondary N) is 1. The van der Waals surface area contributed by atoms with Crippen LogP contribution >= 0.6 is 0 Å². The van der Waals surface area contributed by atoms with Crippen molar-refractivity contribution in [3.63, 3.8) is 0 Å². The van der Waals surface area contributed by atoms with E-state index in [4.69, 9.17) is 0 Å². The third-order valence-electron chi connectivity index (χ3n) is 4.91. The van der Waals surface area contributed by atoms with Gasteiger partial charge in [0.05, 0.1) is 6.54 Å². The molecule has 1 unspecified atom stereocenters. The summed E-state index contributed by atoms with van der Waals surface area (Å²) in [5.74, 6) is -1.67. The Morgan fingerprint density at radius 2 is 1.84 bits per heavy atom. The fraction of sp³-hybridized carbons (Fsp3) is 0.556. The summed E-state index contributed by atoms with van der Waals surface area (Å²) in [6, 6.07) is 3.41. The lowest BCUT2D eigenvalue weighted by atomic mass is 10.1. The van der Waals surface area contributed by atoms with Gasteiger partial charge in [0.25, 0.3) is 5.91 Å². The van der Waals surface area contributed by atoms with Crippen LogP contribution in [0.5, 0.6) is 0 Å². The van der Waals surface area contributed by atoms with E-state index < -0.39 is 11.6 Å². The molecule has 7 heteroatoms. The fourth-order valence-electron chi connectivity index (χ4n) is 3.14. The van der Waals surface area contributed by atoms with Gasteiger partial charge in [-0.15, -0.1) is 0 Å². The summed E-state index contributed by atoms with van der Waals surface area (Å²) in [7, 11) is 0. The molecule has 0 spiro atoms. The summed E-state index contributed by atoms with van der Waals surface area (Å²) in [5.41, 5.74) is 0.142. The lowest BCUT2D eigenvalue weighted by Gasteiger charge is -2.34. The van der Waals surface area contributed by atoms with Gasteiger partial charge in [0.1, 0.15) is 0 Å². The molecule has 1 aliphatic carbocycles. The number of amides is 2. The number of rotatable bonds is 5. The second kappa shape index (κ2) is 7.47. The van der Waals surface area contributed by atoms with Gasteiger partial charge < -0.3 is 10.2 Å². The molecule has 1 aromatic carbocycles. The zero-order valence-electron chi connectivity index (χ0n) is 14.3. The molecule has 2 amide bonds. The molecule has 1 aliphatic heterocycles. The van der Waals surface area contributed by atoms with Crippen LogP contribution < -0.4 is 5.32 Å². The minimum Gasteiger partial charge on any atom is -0.352 e. The maximum absolute atomic E-state index is 13.3. The van der Waals surface area contributed by atoms with Crippen molar-refractivity contribution >= 4 is 11.8 Å². The van der Waals surface area contributed by atoms with Gasteiger partial charge in [0.2, 0.25) is 5.91 Å². The highest BCUT2D eigenvalue weighted by Crippen LogP contribution is 2.32. The quantitative estimate of drug-likeness (QED) is 0.877. The number of carbonyl (C=O) groups excluding carboxylic acids is 2. The Labute approximate surface area is 146 Å². The van der Waals surface area contributed by atoms with Gasteiger partial charge in [-0.1, -0.05) is 0 Å². The highest BCUT2D eigenvalue weighted by Gasteiger charge is 2.29. The van der Waals surface area contributed by atoms with Crippen LogP contribution in [0.15, 0.2) is 18.2 Å². The van der Waals surface area contributed by atoms with Crippen molar-refractivity contribution in [1.29, 1.82) is 0 Å². The van der Waals surface area contributed by atoms with Crippen LogP contribution in [0.3, 0.4) is 0 Å². The van der Waals surface area contributed by atoms with Crippen molar-refractivity contribution in [3.8, 4) is 0 Å². The van der Waals surface area contributed by atoms with Gasteiger partial charge in [-0.2, -0.15) is 0 Å². The fourth-order valence-corrected chi connectivity index (χ4v) is 3.14. The summed E-state index contributed by atoms with van der Waals surface area (Å²) in [4.78, 5) is 28.0. The standard InChI is InChI=1S/C18H23F2N3O2/c1-12(13-2-3-13)21-17(24)11-22-6-8-23(9-7-22)18(25)14-4-5-15(19)16(20)10-14/h4-5,10,12-13H,2-3,6-9,11H2,1H3,(H,21,24). The van der Waals surface area contributed by atoms with Crippen LogP contribution in [0.25, 0.3) is 0 Å². The molecule has 1 aromatic rings. The van der Waals surface area contributed by atoms with Crippen molar-refractivity contribution < 1.29 is 18.4 Å². The second-order valence-electron chi connectivity index (χ2n) is 6.89. The topological polar surface area (TPSA) is 52.7 Å². The van der Waals surface area contributed by atoms with Crippen LogP contribution in [0, 0.1) is 17.6 Å². The van der Waals surface area contributed by atoms with Crippen LogP contribution in [0.1, 0.15) is 30.1 Å². The Kier molecular flexibility index (Phi) is 5.32. The van der Waals surface area contributed by atoms with Gasteiger partial charge in [-0.05, 0) is 43.9 Å². The molecule has 0 bridgehead atoms. The van der Waals surface area contributed by atoms with Crippen LogP contribution in [0.4, 0.5) is 8.78 Å². The number of halogens is 2. The van der Waals surface area contributed by atoms with Gasteiger partial charge in [-0.3, -0.25) is 14.5 Å². The van der Waals surface area contributed by atoms with E-state index in [2.05, 4.69) is 5.32 Å². The molecule has 1 N–H and O–H groups in total.